The SMILES string of the molecule is CCOc1cccc2cc(-c3csc(Nc4cccc(C(F)(F)F)c4)n3)c(=O)oc12. The van der Waals surface area contributed by atoms with Gasteiger partial charge in [0.05, 0.1) is 23.4 Å². The van der Waals surface area contributed by atoms with Crippen molar-refractivity contribution >= 4 is 33.1 Å². The van der Waals surface area contributed by atoms with Crippen LogP contribution in [0.15, 0.2) is 63.1 Å². The second-order valence-corrected chi connectivity index (χ2v) is 7.15. The molecule has 0 amide bonds. The third kappa shape index (κ3) is 4.02. The monoisotopic (exact) mass is 432 g/mol. The zero-order chi connectivity index (χ0) is 21.3. The zero-order valence-corrected chi connectivity index (χ0v) is 16.4. The van der Waals surface area contributed by atoms with E-state index in [9.17, 15) is 18.0 Å². The lowest BCUT2D eigenvalue weighted by Crippen LogP contribution is -2.05. The van der Waals surface area contributed by atoms with E-state index in [-0.39, 0.29) is 11.3 Å². The maximum Gasteiger partial charge on any atom is 0.416 e. The van der Waals surface area contributed by atoms with Crippen molar-refractivity contribution in [3.8, 4) is 17.0 Å². The Morgan fingerprint density at radius 3 is 2.73 bits per heavy atom. The van der Waals surface area contributed by atoms with Crippen LogP contribution >= 0.6 is 11.3 Å². The molecule has 154 valence electrons. The lowest BCUT2D eigenvalue weighted by atomic mass is 10.1. The molecular weight excluding hydrogens is 417 g/mol. The van der Waals surface area contributed by atoms with Crippen molar-refractivity contribution in [1.29, 1.82) is 0 Å². The third-order valence-corrected chi connectivity index (χ3v) is 5.00. The second-order valence-electron chi connectivity index (χ2n) is 6.30. The number of benzene rings is 2. The van der Waals surface area contributed by atoms with Crippen LogP contribution in [-0.2, 0) is 6.18 Å². The number of nitrogens with zero attached hydrogens (tertiary/aromatic N) is 1. The average molecular weight is 432 g/mol. The largest absolute Gasteiger partial charge is 0.490 e. The molecule has 2 heterocycles. The van der Waals surface area contributed by atoms with Crippen LogP contribution in [0.25, 0.3) is 22.2 Å². The highest BCUT2D eigenvalue weighted by atomic mass is 32.1. The first-order valence-corrected chi connectivity index (χ1v) is 9.83. The lowest BCUT2D eigenvalue weighted by Gasteiger charge is -2.09. The first kappa shape index (κ1) is 20.0. The predicted molar refractivity (Wildman–Crippen MR) is 109 cm³/mol. The fourth-order valence-electron chi connectivity index (χ4n) is 2.92. The molecule has 0 aliphatic heterocycles. The Morgan fingerprint density at radius 2 is 1.97 bits per heavy atom. The van der Waals surface area contributed by atoms with Crippen LogP contribution in [0.4, 0.5) is 24.0 Å². The average Bonchev–Trinajstić information content (AvgIpc) is 3.16. The van der Waals surface area contributed by atoms with E-state index >= 15 is 0 Å². The Kier molecular flexibility index (Phi) is 5.21. The Labute approximate surface area is 172 Å². The summed E-state index contributed by atoms with van der Waals surface area (Å²) in [4.78, 5) is 16.8. The minimum absolute atomic E-state index is 0.248. The Hall–Kier alpha value is -3.33. The number of fused-ring (bicyclic) bond motifs is 1. The summed E-state index contributed by atoms with van der Waals surface area (Å²) in [5, 5.41) is 5.51. The molecule has 0 aliphatic rings. The molecule has 2 aromatic carbocycles. The van der Waals surface area contributed by atoms with E-state index in [4.69, 9.17) is 9.15 Å². The van der Waals surface area contributed by atoms with Crippen molar-refractivity contribution in [3.63, 3.8) is 0 Å². The highest BCUT2D eigenvalue weighted by Gasteiger charge is 2.30. The maximum atomic E-state index is 12.9. The molecule has 9 heteroatoms. The van der Waals surface area contributed by atoms with Gasteiger partial charge in [-0.2, -0.15) is 13.2 Å². The van der Waals surface area contributed by atoms with Gasteiger partial charge in [0.15, 0.2) is 16.5 Å². The molecule has 0 spiro atoms. The molecule has 0 fully saturated rings. The molecule has 0 bridgehead atoms. The number of thiazole rings is 1. The van der Waals surface area contributed by atoms with Crippen LogP contribution in [0, 0.1) is 0 Å². The number of hydrogen-bond acceptors (Lipinski definition) is 6. The molecule has 0 unspecified atom stereocenters. The fraction of sp³-hybridized carbons (Fsp3) is 0.143. The standard InChI is InChI=1S/C21H15F3N2O3S/c1-2-28-17-8-3-5-12-9-15(19(27)29-18(12)17)16-11-30-20(26-16)25-14-7-4-6-13(10-14)21(22,23)24/h3-11H,2H2,1H3,(H,25,26). The number of alkyl halides is 3. The smallest absolute Gasteiger partial charge is 0.416 e. The van der Waals surface area contributed by atoms with Crippen LogP contribution in [0.1, 0.15) is 12.5 Å². The van der Waals surface area contributed by atoms with Crippen molar-refractivity contribution < 1.29 is 22.3 Å². The van der Waals surface area contributed by atoms with Gasteiger partial charge in [-0.25, -0.2) is 9.78 Å². The summed E-state index contributed by atoms with van der Waals surface area (Å²) in [5.74, 6) is 0.476. The predicted octanol–water partition coefficient (Wildman–Crippen LogP) is 6.08. The molecule has 4 rings (SSSR count). The number of rotatable bonds is 5. The van der Waals surface area contributed by atoms with Gasteiger partial charge in [-0.1, -0.05) is 18.2 Å². The molecule has 0 saturated heterocycles. The minimum atomic E-state index is -4.43. The van der Waals surface area contributed by atoms with E-state index in [0.29, 0.717) is 34.2 Å². The van der Waals surface area contributed by atoms with Gasteiger partial charge in [0.25, 0.3) is 0 Å². The second kappa shape index (κ2) is 7.83. The number of ether oxygens (including phenoxy) is 1. The highest BCUT2D eigenvalue weighted by Crippen LogP contribution is 2.33. The summed E-state index contributed by atoms with van der Waals surface area (Å²) in [7, 11) is 0. The number of nitrogens with one attached hydrogen (secondary N) is 1. The van der Waals surface area contributed by atoms with Gasteiger partial charge < -0.3 is 14.5 Å². The first-order chi connectivity index (χ1) is 14.3. The van der Waals surface area contributed by atoms with Crippen molar-refractivity contribution in [2.45, 2.75) is 13.1 Å². The topological polar surface area (TPSA) is 64.4 Å². The Balaban J connectivity index is 1.65. The molecule has 0 aliphatic carbocycles. The van der Waals surface area contributed by atoms with Crippen molar-refractivity contribution in [2.75, 3.05) is 11.9 Å². The maximum absolute atomic E-state index is 12.9. The van der Waals surface area contributed by atoms with Gasteiger partial charge in [-0.05, 0) is 37.3 Å². The lowest BCUT2D eigenvalue weighted by molar-refractivity contribution is -0.137. The van der Waals surface area contributed by atoms with Crippen LogP contribution in [-0.4, -0.2) is 11.6 Å². The van der Waals surface area contributed by atoms with Crippen molar-refractivity contribution in [3.05, 3.63) is 69.9 Å². The molecular formula is C21H15F3N2O3S. The van der Waals surface area contributed by atoms with E-state index in [2.05, 4.69) is 10.3 Å². The summed E-state index contributed by atoms with van der Waals surface area (Å²) in [5.41, 5.74) is -0.116. The Morgan fingerprint density at radius 1 is 1.17 bits per heavy atom. The van der Waals surface area contributed by atoms with Crippen LogP contribution < -0.4 is 15.7 Å². The zero-order valence-electron chi connectivity index (χ0n) is 15.6. The number of halogens is 3. The third-order valence-electron chi connectivity index (χ3n) is 4.25. The quantitative estimate of drug-likeness (QED) is 0.387. The van der Waals surface area contributed by atoms with E-state index < -0.39 is 17.4 Å². The molecule has 0 saturated carbocycles. The Bertz CT molecular complexity index is 1260. The van der Waals surface area contributed by atoms with E-state index in [1.165, 1.54) is 23.5 Å². The van der Waals surface area contributed by atoms with Gasteiger partial charge in [-0.3, -0.25) is 0 Å². The number of anilines is 2. The van der Waals surface area contributed by atoms with Crippen LogP contribution in [0.3, 0.4) is 0 Å². The normalized spacial score (nSPS) is 11.6. The van der Waals surface area contributed by atoms with E-state index in [1.807, 2.05) is 6.92 Å². The molecule has 2 aromatic heterocycles. The van der Waals surface area contributed by atoms with Gasteiger partial charge in [0, 0.05) is 16.5 Å². The first-order valence-electron chi connectivity index (χ1n) is 8.95. The number of hydrogen-bond donors (Lipinski definition) is 1. The van der Waals surface area contributed by atoms with Gasteiger partial charge in [-0.15, -0.1) is 11.3 Å². The molecule has 0 radical (unpaired) electrons. The van der Waals surface area contributed by atoms with Crippen LogP contribution in [0.5, 0.6) is 5.75 Å². The van der Waals surface area contributed by atoms with Gasteiger partial charge in [0.1, 0.15) is 0 Å². The van der Waals surface area contributed by atoms with Gasteiger partial charge in [0.2, 0.25) is 0 Å². The molecule has 4 aromatic rings. The van der Waals surface area contributed by atoms with Crippen molar-refractivity contribution in [2.24, 2.45) is 0 Å². The van der Waals surface area contributed by atoms with E-state index in [1.54, 1.807) is 29.6 Å². The summed E-state index contributed by atoms with van der Waals surface area (Å²) in [6.45, 7) is 2.26. The summed E-state index contributed by atoms with van der Waals surface area (Å²) in [6, 6.07) is 11.8. The molecule has 30 heavy (non-hydrogen) atoms. The number of aromatic nitrogens is 1. The van der Waals surface area contributed by atoms with E-state index in [0.717, 1.165) is 12.1 Å². The fourth-order valence-corrected chi connectivity index (χ4v) is 3.65. The molecule has 5 nitrogen and oxygen atoms in total. The molecule has 1 N–H and O–H groups in total. The summed E-state index contributed by atoms with van der Waals surface area (Å²) in [6.07, 6.45) is -4.43. The van der Waals surface area contributed by atoms with Crippen molar-refractivity contribution in [1.82, 2.24) is 4.98 Å². The minimum Gasteiger partial charge on any atom is -0.490 e. The molecule has 0 atom stereocenters. The van der Waals surface area contributed by atoms with Gasteiger partial charge >= 0.3 is 11.8 Å². The van der Waals surface area contributed by atoms with Crippen LogP contribution in [0.2, 0.25) is 0 Å². The number of para-hydroxylation sites is 1. The highest BCUT2D eigenvalue weighted by molar-refractivity contribution is 7.14. The summed E-state index contributed by atoms with van der Waals surface area (Å²) >= 11 is 1.17. The summed E-state index contributed by atoms with van der Waals surface area (Å²) < 4.78 is 49.6.